The van der Waals surface area contributed by atoms with Crippen LogP contribution in [0.2, 0.25) is 0 Å². The summed E-state index contributed by atoms with van der Waals surface area (Å²) in [6, 6.07) is 0. The van der Waals surface area contributed by atoms with Crippen molar-refractivity contribution in [2.45, 2.75) is 82.7 Å². The summed E-state index contributed by atoms with van der Waals surface area (Å²) in [7, 11) is 0. The molecule has 0 aromatic rings. The second-order valence-electron chi connectivity index (χ2n) is 5.69. The summed E-state index contributed by atoms with van der Waals surface area (Å²) < 4.78 is 4.81. The molecule has 0 saturated heterocycles. The Hall–Kier alpha value is -1.02. The van der Waals surface area contributed by atoms with E-state index in [1.54, 1.807) is 0 Å². The van der Waals surface area contributed by atoms with E-state index in [9.17, 15) is 24.9 Å². The quantitative estimate of drug-likeness (QED) is 0.205. The molecule has 136 valence electrons. The Kier molecular flexibility index (Phi) is 12.8. The molecule has 7 nitrogen and oxygen atoms in total. The van der Waals surface area contributed by atoms with Crippen LogP contribution in [-0.4, -0.2) is 63.7 Å². The number of rotatable bonds is 14. The minimum Gasteiger partial charge on any atom is -0.452 e. The third-order valence-electron chi connectivity index (χ3n) is 3.65. The summed E-state index contributed by atoms with van der Waals surface area (Å²) in [5.41, 5.74) is 0. The van der Waals surface area contributed by atoms with E-state index in [1.807, 2.05) is 0 Å². The van der Waals surface area contributed by atoms with Crippen LogP contribution in [0.1, 0.15) is 58.3 Å². The predicted molar refractivity (Wildman–Crippen MR) is 83.7 cm³/mol. The summed E-state index contributed by atoms with van der Waals surface area (Å²) in [5, 5.41) is 37.1. The van der Waals surface area contributed by atoms with Crippen molar-refractivity contribution in [2.24, 2.45) is 0 Å². The van der Waals surface area contributed by atoms with Crippen LogP contribution in [0.15, 0.2) is 0 Å². The van der Waals surface area contributed by atoms with Gasteiger partial charge in [0.05, 0.1) is 6.61 Å². The lowest BCUT2D eigenvalue weighted by Gasteiger charge is -2.25. The standard InChI is InChI=1S/C16H30O7/c1-2-3-4-5-6-7-8-9-14(20)23-13(11-18)16(22)15(21)12(19)10-17/h11-13,15-17,19,21-22H,2-10H2,1H3/t12-,13-,15-,16-/m1/s1. The molecule has 0 unspecified atom stereocenters. The molecule has 0 aliphatic rings. The zero-order chi connectivity index (χ0) is 17.7. The highest BCUT2D eigenvalue weighted by atomic mass is 16.6. The zero-order valence-corrected chi connectivity index (χ0v) is 13.8. The van der Waals surface area contributed by atoms with Crippen molar-refractivity contribution in [1.29, 1.82) is 0 Å². The first kappa shape index (κ1) is 22.0. The molecule has 0 aromatic carbocycles. The first-order valence-corrected chi connectivity index (χ1v) is 8.27. The van der Waals surface area contributed by atoms with Gasteiger partial charge < -0.3 is 25.2 Å². The Morgan fingerprint density at radius 3 is 2.09 bits per heavy atom. The maximum absolute atomic E-state index is 11.6. The van der Waals surface area contributed by atoms with Gasteiger partial charge in [-0.05, 0) is 6.42 Å². The molecule has 0 aromatic heterocycles. The van der Waals surface area contributed by atoms with E-state index >= 15 is 0 Å². The highest BCUT2D eigenvalue weighted by Gasteiger charge is 2.33. The molecule has 0 aliphatic carbocycles. The van der Waals surface area contributed by atoms with Crippen LogP contribution in [-0.2, 0) is 14.3 Å². The Morgan fingerprint density at radius 1 is 1.00 bits per heavy atom. The predicted octanol–water partition coefficient (Wildman–Crippen LogP) is 0.313. The lowest BCUT2D eigenvalue weighted by molar-refractivity contribution is -0.168. The molecule has 0 saturated carbocycles. The first-order chi connectivity index (χ1) is 11.0. The monoisotopic (exact) mass is 334 g/mol. The average molecular weight is 334 g/mol. The second kappa shape index (κ2) is 13.4. The van der Waals surface area contributed by atoms with Gasteiger partial charge in [-0.3, -0.25) is 9.59 Å². The van der Waals surface area contributed by atoms with Crippen LogP contribution in [0.5, 0.6) is 0 Å². The van der Waals surface area contributed by atoms with E-state index in [0.29, 0.717) is 6.42 Å². The summed E-state index contributed by atoms with van der Waals surface area (Å²) in [5.74, 6) is -0.639. The van der Waals surface area contributed by atoms with Crippen molar-refractivity contribution in [3.63, 3.8) is 0 Å². The molecule has 0 spiro atoms. The van der Waals surface area contributed by atoms with E-state index in [-0.39, 0.29) is 12.7 Å². The number of carbonyl (C=O) groups excluding carboxylic acids is 2. The van der Waals surface area contributed by atoms with Gasteiger partial charge in [-0.25, -0.2) is 0 Å². The summed E-state index contributed by atoms with van der Waals surface area (Å²) >= 11 is 0. The summed E-state index contributed by atoms with van der Waals surface area (Å²) in [6.07, 6.45) is 0.842. The molecule has 0 amide bonds. The number of aldehydes is 1. The van der Waals surface area contributed by atoms with Gasteiger partial charge in [-0.2, -0.15) is 0 Å². The number of ether oxygens (including phenoxy) is 1. The highest BCUT2D eigenvalue weighted by Crippen LogP contribution is 2.11. The topological polar surface area (TPSA) is 124 Å². The van der Waals surface area contributed by atoms with E-state index in [0.717, 1.165) is 19.3 Å². The fourth-order valence-corrected chi connectivity index (χ4v) is 2.15. The Balaban J connectivity index is 4.02. The summed E-state index contributed by atoms with van der Waals surface area (Å²) in [4.78, 5) is 22.5. The molecule has 4 atom stereocenters. The molecule has 7 heteroatoms. The number of aliphatic hydroxyl groups excluding tert-OH is 4. The van der Waals surface area contributed by atoms with Crippen LogP contribution >= 0.6 is 0 Å². The number of aliphatic hydroxyl groups is 4. The van der Waals surface area contributed by atoms with Gasteiger partial charge in [0.15, 0.2) is 12.4 Å². The van der Waals surface area contributed by atoms with Gasteiger partial charge >= 0.3 is 5.97 Å². The largest absolute Gasteiger partial charge is 0.452 e. The second-order valence-corrected chi connectivity index (χ2v) is 5.69. The Labute approximate surface area is 137 Å². The van der Waals surface area contributed by atoms with Gasteiger partial charge in [0.2, 0.25) is 0 Å². The fourth-order valence-electron chi connectivity index (χ4n) is 2.15. The van der Waals surface area contributed by atoms with Crippen LogP contribution in [0, 0.1) is 0 Å². The van der Waals surface area contributed by atoms with Crippen molar-refractivity contribution in [3.8, 4) is 0 Å². The smallest absolute Gasteiger partial charge is 0.306 e. The van der Waals surface area contributed by atoms with E-state index in [4.69, 9.17) is 9.84 Å². The van der Waals surface area contributed by atoms with Crippen LogP contribution in [0.4, 0.5) is 0 Å². The van der Waals surface area contributed by atoms with Crippen molar-refractivity contribution in [2.75, 3.05) is 6.61 Å². The van der Waals surface area contributed by atoms with Gasteiger partial charge in [0.1, 0.15) is 18.3 Å². The fraction of sp³-hybridized carbons (Fsp3) is 0.875. The van der Waals surface area contributed by atoms with Crippen LogP contribution < -0.4 is 0 Å². The zero-order valence-electron chi connectivity index (χ0n) is 13.8. The van der Waals surface area contributed by atoms with Crippen LogP contribution in [0.3, 0.4) is 0 Å². The summed E-state index contributed by atoms with van der Waals surface area (Å²) in [6.45, 7) is 1.36. The molecular weight excluding hydrogens is 304 g/mol. The van der Waals surface area contributed by atoms with Gasteiger partial charge in [0.25, 0.3) is 0 Å². The third-order valence-corrected chi connectivity index (χ3v) is 3.65. The normalized spacial score (nSPS) is 16.4. The molecule has 0 rings (SSSR count). The Bertz CT molecular complexity index is 322. The number of esters is 1. The average Bonchev–Trinajstić information content (AvgIpc) is 2.56. The molecule has 23 heavy (non-hydrogen) atoms. The van der Waals surface area contributed by atoms with E-state index in [2.05, 4.69) is 6.92 Å². The highest BCUT2D eigenvalue weighted by molar-refractivity contribution is 5.72. The lowest BCUT2D eigenvalue weighted by Crippen LogP contribution is -2.48. The minimum absolute atomic E-state index is 0.128. The maximum atomic E-state index is 11.6. The van der Waals surface area contributed by atoms with E-state index < -0.39 is 37.0 Å². The molecule has 0 bridgehead atoms. The number of hydrogen-bond acceptors (Lipinski definition) is 7. The Morgan fingerprint density at radius 2 is 1.57 bits per heavy atom. The van der Waals surface area contributed by atoms with E-state index in [1.165, 1.54) is 19.3 Å². The van der Waals surface area contributed by atoms with Gasteiger partial charge in [0, 0.05) is 6.42 Å². The SMILES string of the molecule is CCCCCCCCCC(=O)O[C@H](C=O)[C@@H](O)[C@H](O)[C@H](O)CO. The maximum Gasteiger partial charge on any atom is 0.306 e. The first-order valence-electron chi connectivity index (χ1n) is 8.27. The molecule has 0 fully saturated rings. The molecule has 4 N–H and O–H groups in total. The number of unbranched alkanes of at least 4 members (excludes halogenated alkanes) is 6. The van der Waals surface area contributed by atoms with Crippen molar-refractivity contribution < 1.29 is 34.8 Å². The minimum atomic E-state index is -1.78. The van der Waals surface area contributed by atoms with Crippen molar-refractivity contribution >= 4 is 12.3 Å². The lowest BCUT2D eigenvalue weighted by atomic mass is 10.0. The molecule has 0 aliphatic heterocycles. The van der Waals surface area contributed by atoms with Crippen molar-refractivity contribution in [3.05, 3.63) is 0 Å². The van der Waals surface area contributed by atoms with Gasteiger partial charge in [-0.15, -0.1) is 0 Å². The number of hydrogen-bond donors (Lipinski definition) is 4. The van der Waals surface area contributed by atoms with Gasteiger partial charge in [-0.1, -0.05) is 45.4 Å². The molecule has 0 heterocycles. The van der Waals surface area contributed by atoms with Crippen molar-refractivity contribution in [1.82, 2.24) is 0 Å². The molecule has 0 radical (unpaired) electrons. The third kappa shape index (κ3) is 9.65. The van der Waals surface area contributed by atoms with Crippen LogP contribution in [0.25, 0.3) is 0 Å². The molecular formula is C16H30O7. The number of carbonyl (C=O) groups is 2.